The van der Waals surface area contributed by atoms with Gasteiger partial charge in [-0.15, -0.1) is 0 Å². The average Bonchev–Trinajstić information content (AvgIpc) is 3.34. The molecule has 0 radical (unpaired) electrons. The minimum absolute atomic E-state index is 0.0342. The molecule has 1 aliphatic carbocycles. The van der Waals surface area contributed by atoms with Crippen molar-refractivity contribution in [2.24, 2.45) is 16.8 Å². The summed E-state index contributed by atoms with van der Waals surface area (Å²) in [7, 11) is 0. The van der Waals surface area contributed by atoms with Crippen molar-refractivity contribution in [3.05, 3.63) is 59.5 Å². The number of aromatic nitrogens is 2. The van der Waals surface area contributed by atoms with Crippen LogP contribution in [0.5, 0.6) is 5.75 Å². The molecule has 238 valence electrons. The second-order valence-corrected chi connectivity index (χ2v) is 13.2. The Morgan fingerprint density at radius 3 is 2.39 bits per heavy atom. The van der Waals surface area contributed by atoms with E-state index in [2.05, 4.69) is 24.8 Å². The first-order valence-corrected chi connectivity index (χ1v) is 15.9. The van der Waals surface area contributed by atoms with E-state index >= 15 is 0 Å². The topological polar surface area (TPSA) is 112 Å². The highest BCUT2D eigenvalue weighted by molar-refractivity contribution is 5.95. The van der Waals surface area contributed by atoms with Gasteiger partial charge in [-0.2, -0.15) is 4.99 Å². The molecule has 5 rings (SSSR count). The molecule has 44 heavy (non-hydrogen) atoms. The van der Waals surface area contributed by atoms with Crippen LogP contribution in [0.25, 0.3) is 11.0 Å². The fourth-order valence-electron chi connectivity index (χ4n) is 6.56. The van der Waals surface area contributed by atoms with Crippen LogP contribution in [-0.2, 0) is 4.79 Å². The maximum Gasteiger partial charge on any atom is 0.280 e. The Bertz CT molecular complexity index is 1510. The lowest BCUT2D eigenvalue weighted by Crippen LogP contribution is -2.43. The van der Waals surface area contributed by atoms with Crippen molar-refractivity contribution in [2.75, 3.05) is 26.2 Å². The molecule has 2 amide bonds. The molecule has 1 aliphatic heterocycles. The van der Waals surface area contributed by atoms with E-state index in [0.717, 1.165) is 74.9 Å². The Kier molecular flexibility index (Phi) is 9.90. The summed E-state index contributed by atoms with van der Waals surface area (Å²) in [6.07, 6.45) is 4.98. The monoisotopic (exact) mass is 607 g/mol. The van der Waals surface area contributed by atoms with Gasteiger partial charge in [0.1, 0.15) is 18.2 Å². The number of benzene rings is 2. The van der Waals surface area contributed by atoms with E-state index in [4.69, 9.17) is 4.74 Å². The number of likely N-dealkylation sites (tertiary alicyclic amines) is 1. The van der Waals surface area contributed by atoms with Gasteiger partial charge < -0.3 is 24.7 Å². The van der Waals surface area contributed by atoms with Crippen molar-refractivity contribution in [1.29, 1.82) is 0 Å². The van der Waals surface area contributed by atoms with E-state index in [1.54, 1.807) is 0 Å². The summed E-state index contributed by atoms with van der Waals surface area (Å²) in [6.45, 7) is 11.0. The van der Waals surface area contributed by atoms with Gasteiger partial charge in [-0.05, 0) is 122 Å². The lowest BCUT2D eigenvalue weighted by Gasteiger charge is -2.37. The molecule has 9 nitrogen and oxygen atoms in total. The molecular formula is C34H46FN5O4. The molecule has 3 N–H and O–H groups in total. The third-order valence-corrected chi connectivity index (χ3v) is 9.13. The van der Waals surface area contributed by atoms with Crippen LogP contribution < -0.4 is 15.7 Å². The Hall–Kier alpha value is -3.50. The van der Waals surface area contributed by atoms with Gasteiger partial charge in [0.25, 0.3) is 5.91 Å². The Morgan fingerprint density at radius 2 is 1.75 bits per heavy atom. The molecule has 2 aromatic carbocycles. The average molecular weight is 608 g/mol. The number of nitrogens with zero attached hydrogens (tertiary/aromatic N) is 3. The Balaban J connectivity index is 1.35. The molecule has 0 bridgehead atoms. The van der Waals surface area contributed by atoms with Crippen LogP contribution in [0.1, 0.15) is 82.6 Å². The van der Waals surface area contributed by atoms with Crippen LogP contribution in [0.15, 0.2) is 47.5 Å². The number of amides is 2. The first kappa shape index (κ1) is 31.9. The fraction of sp³-hybridized carbons (Fsp3) is 0.559. The summed E-state index contributed by atoms with van der Waals surface area (Å²) >= 11 is 0. The zero-order valence-corrected chi connectivity index (χ0v) is 26.3. The molecule has 2 heterocycles. The number of carbonyl (C=O) groups excluding carboxylic acids is 2. The highest BCUT2D eigenvalue weighted by Crippen LogP contribution is 2.34. The summed E-state index contributed by atoms with van der Waals surface area (Å²) in [5, 5.41) is 13.4. The SMILES string of the molecule is CC(C)NC(=O)[C@H]1CC[C@@H](n2/c(=N/C(=O)c3ccc(F)cc3)[nH]c3ccc(OCCN4CCC(C(C)(C)O)CC4)cc32)CC1. The van der Waals surface area contributed by atoms with Crippen molar-refractivity contribution < 1.29 is 23.8 Å². The molecule has 1 saturated heterocycles. The van der Waals surface area contributed by atoms with Gasteiger partial charge in [0.15, 0.2) is 0 Å². The number of carbonyl (C=O) groups is 2. The summed E-state index contributed by atoms with van der Waals surface area (Å²) < 4.78 is 21.7. The number of imidazole rings is 1. The second-order valence-electron chi connectivity index (χ2n) is 13.2. The van der Waals surface area contributed by atoms with Gasteiger partial charge in [-0.1, -0.05) is 0 Å². The van der Waals surface area contributed by atoms with Crippen LogP contribution >= 0.6 is 0 Å². The maximum absolute atomic E-state index is 13.5. The number of H-pyrrole nitrogens is 1. The van der Waals surface area contributed by atoms with E-state index in [1.807, 2.05) is 45.9 Å². The zero-order valence-electron chi connectivity index (χ0n) is 26.3. The lowest BCUT2D eigenvalue weighted by atomic mass is 9.83. The van der Waals surface area contributed by atoms with E-state index in [0.29, 0.717) is 23.7 Å². The third kappa shape index (κ3) is 7.77. The summed E-state index contributed by atoms with van der Waals surface area (Å²) in [5.41, 5.74) is 1.81. The largest absolute Gasteiger partial charge is 0.492 e. The number of piperidine rings is 1. The van der Waals surface area contributed by atoms with Crippen molar-refractivity contribution in [1.82, 2.24) is 19.8 Å². The van der Waals surface area contributed by atoms with Crippen LogP contribution in [0.3, 0.4) is 0 Å². The number of aromatic amines is 1. The first-order valence-electron chi connectivity index (χ1n) is 15.9. The molecule has 0 atom stereocenters. The molecular weight excluding hydrogens is 561 g/mol. The van der Waals surface area contributed by atoms with Crippen molar-refractivity contribution in [3.63, 3.8) is 0 Å². The highest BCUT2D eigenvalue weighted by atomic mass is 19.1. The Morgan fingerprint density at radius 1 is 1.07 bits per heavy atom. The Labute approximate surface area is 258 Å². The first-order chi connectivity index (χ1) is 21.0. The molecule has 10 heteroatoms. The molecule has 3 aromatic rings. The van der Waals surface area contributed by atoms with Gasteiger partial charge in [0, 0.05) is 36.2 Å². The van der Waals surface area contributed by atoms with Crippen LogP contribution in [-0.4, -0.2) is 69.3 Å². The number of ether oxygens (including phenoxy) is 1. The van der Waals surface area contributed by atoms with Crippen LogP contribution in [0.2, 0.25) is 0 Å². The summed E-state index contributed by atoms with van der Waals surface area (Å²) in [4.78, 5) is 35.9. The minimum Gasteiger partial charge on any atom is -0.492 e. The summed E-state index contributed by atoms with van der Waals surface area (Å²) in [5.74, 6) is 0.247. The van der Waals surface area contributed by atoms with Gasteiger partial charge in [0.2, 0.25) is 11.5 Å². The minimum atomic E-state index is -0.640. The van der Waals surface area contributed by atoms with Gasteiger partial charge in [-0.3, -0.25) is 14.5 Å². The maximum atomic E-state index is 13.5. The van der Waals surface area contributed by atoms with E-state index in [1.165, 1.54) is 24.3 Å². The molecule has 2 fully saturated rings. The van der Waals surface area contributed by atoms with Gasteiger partial charge >= 0.3 is 0 Å². The van der Waals surface area contributed by atoms with Crippen LogP contribution in [0.4, 0.5) is 4.39 Å². The number of aliphatic hydroxyl groups is 1. The van der Waals surface area contributed by atoms with Crippen LogP contribution in [0, 0.1) is 17.7 Å². The zero-order chi connectivity index (χ0) is 31.4. The number of halogens is 1. The van der Waals surface area contributed by atoms with E-state index in [9.17, 15) is 19.1 Å². The van der Waals surface area contributed by atoms with E-state index in [-0.39, 0.29) is 23.9 Å². The molecule has 1 aromatic heterocycles. The lowest BCUT2D eigenvalue weighted by molar-refractivity contribution is -0.126. The number of hydrogen-bond donors (Lipinski definition) is 3. The van der Waals surface area contributed by atoms with Crippen molar-refractivity contribution >= 4 is 22.8 Å². The number of nitrogens with one attached hydrogen (secondary N) is 2. The molecule has 2 aliphatic rings. The van der Waals surface area contributed by atoms with Gasteiger partial charge in [-0.25, -0.2) is 4.39 Å². The van der Waals surface area contributed by atoms with E-state index < -0.39 is 17.3 Å². The molecule has 0 unspecified atom stereocenters. The smallest absolute Gasteiger partial charge is 0.280 e. The van der Waals surface area contributed by atoms with Crippen molar-refractivity contribution in [2.45, 2.75) is 83.9 Å². The quantitative estimate of drug-likeness (QED) is 0.318. The predicted octanol–water partition coefficient (Wildman–Crippen LogP) is 4.97. The highest BCUT2D eigenvalue weighted by Gasteiger charge is 2.31. The number of hydrogen-bond acceptors (Lipinski definition) is 5. The molecule has 1 saturated carbocycles. The number of fused-ring (bicyclic) bond motifs is 1. The number of rotatable bonds is 9. The fourth-order valence-corrected chi connectivity index (χ4v) is 6.56. The second kappa shape index (κ2) is 13.6. The standard InChI is InChI=1S/C34H46FN5O4/c1-22(2)36-31(41)24-7-11-27(12-8-24)40-30-21-28(44-20-19-39-17-15-25(16-18-39)34(3,4)43)13-14-29(30)37-33(40)38-32(42)23-5-9-26(35)10-6-23/h5-6,9-10,13-14,21-22,24-25,27,43H,7-8,11-12,15-20H2,1-4H3,(H,36,41)(H,37,38,42)/t24-,27+. The van der Waals surface area contributed by atoms with Gasteiger partial charge in [0.05, 0.1) is 16.6 Å². The predicted molar refractivity (Wildman–Crippen MR) is 168 cm³/mol. The van der Waals surface area contributed by atoms with Crippen molar-refractivity contribution in [3.8, 4) is 5.75 Å². The summed E-state index contributed by atoms with van der Waals surface area (Å²) in [6, 6.07) is 11.4. The molecule has 0 spiro atoms. The normalized spacial score (nSPS) is 20.8. The third-order valence-electron chi connectivity index (χ3n) is 9.13.